The number of nitrogens with one attached hydrogen (secondary N) is 1. The fraction of sp³-hybridized carbons (Fsp3) is 0.150. The summed E-state index contributed by atoms with van der Waals surface area (Å²) in [5.41, 5.74) is 1.08. The Hall–Kier alpha value is -1.88. The molecule has 156 valence electrons. The molecule has 10 heteroatoms. The van der Waals surface area contributed by atoms with Crippen LogP contribution in [0.4, 0.5) is 5.69 Å². The number of thioether (sulfide) groups is 1. The second-order valence-electron chi connectivity index (χ2n) is 6.36. The Labute approximate surface area is 199 Å². The van der Waals surface area contributed by atoms with E-state index in [0.29, 0.717) is 37.9 Å². The van der Waals surface area contributed by atoms with Crippen molar-refractivity contribution in [1.82, 2.24) is 4.90 Å². The van der Waals surface area contributed by atoms with Gasteiger partial charge in [0.2, 0.25) is 5.91 Å². The summed E-state index contributed by atoms with van der Waals surface area (Å²) >= 11 is 13.1. The normalized spacial score (nSPS) is 15.1. The van der Waals surface area contributed by atoms with E-state index in [9.17, 15) is 19.8 Å². The van der Waals surface area contributed by atoms with E-state index in [1.807, 2.05) is 0 Å². The second-order valence-corrected chi connectivity index (χ2v) is 9.80. The molecule has 1 aliphatic rings. The number of amides is 2. The van der Waals surface area contributed by atoms with Crippen molar-refractivity contribution in [2.45, 2.75) is 12.8 Å². The number of nitrogens with zero attached hydrogens (tertiary/aromatic N) is 1. The number of hydrogen-bond acceptors (Lipinski definition) is 6. The highest BCUT2D eigenvalue weighted by Gasteiger charge is 2.32. The molecule has 0 radical (unpaired) electrons. The average Bonchev–Trinajstić information content (AvgIpc) is 2.95. The molecule has 2 aromatic rings. The minimum Gasteiger partial charge on any atom is -0.508 e. The lowest BCUT2D eigenvalue weighted by atomic mass is 10.2. The Kier molecular flexibility index (Phi) is 7.56. The highest BCUT2D eigenvalue weighted by molar-refractivity contribution is 9.11. The summed E-state index contributed by atoms with van der Waals surface area (Å²) in [6.07, 6.45) is 2.26. The molecule has 6 nitrogen and oxygen atoms in total. The number of rotatable bonds is 6. The number of halogens is 2. The molecule has 0 aliphatic carbocycles. The standard InChI is InChI=1S/C20H16Br2N2O4S2/c21-12-8-11(18(27)15(22)10-12)9-16-19(28)24(20(29)30-16)7-1-2-17(26)23-13-3-5-14(25)6-4-13/h3-6,8-10,25,27H,1-2,7H2,(H,23,26)/b16-9-. The summed E-state index contributed by atoms with van der Waals surface area (Å²) in [5, 5.41) is 22.2. The summed E-state index contributed by atoms with van der Waals surface area (Å²) in [5.74, 6) is -0.279. The van der Waals surface area contributed by atoms with Gasteiger partial charge >= 0.3 is 0 Å². The zero-order chi connectivity index (χ0) is 21.8. The minimum absolute atomic E-state index is 0.0365. The van der Waals surface area contributed by atoms with E-state index in [0.717, 1.165) is 16.2 Å². The van der Waals surface area contributed by atoms with Gasteiger partial charge in [-0.3, -0.25) is 14.5 Å². The van der Waals surface area contributed by atoms with E-state index >= 15 is 0 Å². The van der Waals surface area contributed by atoms with Gasteiger partial charge in [-0.15, -0.1) is 0 Å². The number of benzene rings is 2. The van der Waals surface area contributed by atoms with Crippen molar-refractivity contribution in [3.63, 3.8) is 0 Å². The van der Waals surface area contributed by atoms with Gasteiger partial charge in [0.05, 0.1) is 9.38 Å². The van der Waals surface area contributed by atoms with E-state index in [4.69, 9.17) is 12.2 Å². The molecule has 0 saturated carbocycles. The maximum absolute atomic E-state index is 12.7. The highest BCUT2D eigenvalue weighted by Crippen LogP contribution is 2.37. The molecule has 1 fully saturated rings. The van der Waals surface area contributed by atoms with Crippen LogP contribution in [0.3, 0.4) is 0 Å². The molecule has 2 aromatic carbocycles. The first-order chi connectivity index (χ1) is 14.2. The summed E-state index contributed by atoms with van der Waals surface area (Å²) < 4.78 is 1.69. The molecule has 0 bridgehead atoms. The lowest BCUT2D eigenvalue weighted by Gasteiger charge is -2.14. The molecule has 3 N–H and O–H groups in total. The van der Waals surface area contributed by atoms with Crippen molar-refractivity contribution >= 4 is 83.7 Å². The van der Waals surface area contributed by atoms with Crippen molar-refractivity contribution < 1.29 is 19.8 Å². The zero-order valence-corrected chi connectivity index (χ0v) is 20.2. The van der Waals surface area contributed by atoms with Crippen LogP contribution in [0.15, 0.2) is 50.2 Å². The van der Waals surface area contributed by atoms with Gasteiger partial charge < -0.3 is 15.5 Å². The largest absolute Gasteiger partial charge is 0.508 e. The molecule has 1 aliphatic heterocycles. The predicted octanol–water partition coefficient (Wildman–Crippen LogP) is 5.24. The molecule has 1 saturated heterocycles. The summed E-state index contributed by atoms with van der Waals surface area (Å²) in [4.78, 5) is 26.7. The molecular weight excluding hydrogens is 556 g/mol. The zero-order valence-electron chi connectivity index (χ0n) is 15.4. The number of carbonyl (C=O) groups is 2. The number of anilines is 1. The van der Waals surface area contributed by atoms with Crippen molar-refractivity contribution in [3.8, 4) is 11.5 Å². The van der Waals surface area contributed by atoms with E-state index < -0.39 is 0 Å². The van der Waals surface area contributed by atoms with Crippen molar-refractivity contribution in [2.75, 3.05) is 11.9 Å². The molecule has 1 heterocycles. The van der Waals surface area contributed by atoms with Crippen molar-refractivity contribution in [1.29, 1.82) is 0 Å². The van der Waals surface area contributed by atoms with Crippen LogP contribution in [0.2, 0.25) is 0 Å². The summed E-state index contributed by atoms with van der Waals surface area (Å²) in [6.45, 7) is 0.319. The number of phenolic OH excluding ortho intramolecular Hbond substituents is 2. The lowest BCUT2D eigenvalue weighted by Crippen LogP contribution is -2.29. The van der Waals surface area contributed by atoms with Gasteiger partial charge in [0.25, 0.3) is 5.91 Å². The van der Waals surface area contributed by atoms with Crippen LogP contribution >= 0.6 is 55.8 Å². The first-order valence-corrected chi connectivity index (χ1v) is 11.6. The molecular formula is C20H16Br2N2O4S2. The predicted molar refractivity (Wildman–Crippen MR) is 129 cm³/mol. The Morgan fingerprint density at radius 1 is 1.20 bits per heavy atom. The third-order valence-corrected chi connectivity index (χ3v) is 6.59. The van der Waals surface area contributed by atoms with Gasteiger partial charge in [0.15, 0.2) is 0 Å². The molecule has 30 heavy (non-hydrogen) atoms. The Morgan fingerprint density at radius 2 is 1.90 bits per heavy atom. The van der Waals surface area contributed by atoms with Crippen LogP contribution in [0.5, 0.6) is 11.5 Å². The number of phenols is 2. The molecule has 0 unspecified atom stereocenters. The SMILES string of the molecule is O=C(CCCN1C(=O)/C(=C/c2cc(Br)cc(Br)c2O)SC1=S)Nc1ccc(O)cc1. The van der Waals surface area contributed by atoms with Crippen LogP contribution in [0.1, 0.15) is 18.4 Å². The van der Waals surface area contributed by atoms with E-state index in [2.05, 4.69) is 37.2 Å². The smallest absolute Gasteiger partial charge is 0.266 e. The van der Waals surface area contributed by atoms with Gasteiger partial charge in [-0.25, -0.2) is 0 Å². The highest BCUT2D eigenvalue weighted by atomic mass is 79.9. The van der Waals surface area contributed by atoms with Gasteiger partial charge in [-0.05, 0) is 64.8 Å². The first-order valence-electron chi connectivity index (χ1n) is 8.77. The maximum Gasteiger partial charge on any atom is 0.266 e. The van der Waals surface area contributed by atoms with Crippen LogP contribution in [-0.2, 0) is 9.59 Å². The van der Waals surface area contributed by atoms with Gasteiger partial charge in [0.1, 0.15) is 15.8 Å². The fourth-order valence-corrected chi connectivity index (χ4v) is 5.25. The summed E-state index contributed by atoms with van der Waals surface area (Å²) in [7, 11) is 0. The van der Waals surface area contributed by atoms with E-state index in [1.54, 1.807) is 30.3 Å². The van der Waals surface area contributed by atoms with E-state index in [1.165, 1.54) is 17.0 Å². The average molecular weight is 572 g/mol. The quantitative estimate of drug-likeness (QED) is 0.249. The number of hydrogen-bond donors (Lipinski definition) is 3. The van der Waals surface area contributed by atoms with Gasteiger partial charge in [0, 0.05) is 28.7 Å². The molecule has 3 rings (SSSR count). The fourth-order valence-electron chi connectivity index (χ4n) is 2.70. The Bertz CT molecular complexity index is 1040. The Morgan fingerprint density at radius 3 is 2.60 bits per heavy atom. The van der Waals surface area contributed by atoms with Crippen LogP contribution in [0.25, 0.3) is 6.08 Å². The maximum atomic E-state index is 12.7. The minimum atomic E-state index is -0.251. The second kappa shape index (κ2) is 9.95. The number of thiocarbonyl (C=S) groups is 1. The summed E-state index contributed by atoms with van der Waals surface area (Å²) in [6, 6.07) is 9.61. The molecule has 0 aromatic heterocycles. The monoisotopic (exact) mass is 570 g/mol. The van der Waals surface area contributed by atoms with Crippen LogP contribution in [0, 0.1) is 0 Å². The topological polar surface area (TPSA) is 89.9 Å². The van der Waals surface area contributed by atoms with Crippen LogP contribution < -0.4 is 5.32 Å². The van der Waals surface area contributed by atoms with Crippen molar-refractivity contribution in [3.05, 3.63) is 55.8 Å². The third kappa shape index (κ3) is 5.63. The molecule has 0 atom stereocenters. The Balaban J connectivity index is 1.59. The number of aromatic hydroxyl groups is 2. The van der Waals surface area contributed by atoms with Crippen molar-refractivity contribution in [2.24, 2.45) is 0 Å². The third-order valence-electron chi connectivity index (χ3n) is 4.15. The molecule has 2 amide bonds. The lowest BCUT2D eigenvalue weighted by molar-refractivity contribution is -0.122. The molecule has 0 spiro atoms. The first kappa shape index (κ1) is 22.8. The number of carbonyl (C=O) groups excluding carboxylic acids is 2. The van der Waals surface area contributed by atoms with Gasteiger partial charge in [-0.1, -0.05) is 39.9 Å². The van der Waals surface area contributed by atoms with Crippen LogP contribution in [-0.4, -0.2) is 37.8 Å². The van der Waals surface area contributed by atoms with E-state index in [-0.39, 0.29) is 29.7 Å². The van der Waals surface area contributed by atoms with Gasteiger partial charge in [-0.2, -0.15) is 0 Å².